The number of allylic oxidation sites excluding steroid dienone is 1. The van der Waals surface area contributed by atoms with Gasteiger partial charge in [-0.2, -0.15) is 13.2 Å². The second-order valence-corrected chi connectivity index (χ2v) is 6.09. The Balaban J connectivity index is 1.88. The van der Waals surface area contributed by atoms with Crippen LogP contribution in [0.5, 0.6) is 5.75 Å². The van der Waals surface area contributed by atoms with Crippen LogP contribution in [0.3, 0.4) is 0 Å². The highest BCUT2D eigenvalue weighted by molar-refractivity contribution is 6.66. The first-order valence-corrected chi connectivity index (χ1v) is 7.89. The lowest BCUT2D eigenvalue weighted by Crippen LogP contribution is -2.31. The minimum Gasteiger partial charge on any atom is -0.426 e. The van der Waals surface area contributed by atoms with E-state index in [1.54, 1.807) is 24.3 Å². The summed E-state index contributed by atoms with van der Waals surface area (Å²) in [6.07, 6.45) is -1.20. The lowest BCUT2D eigenvalue weighted by Gasteiger charge is -2.28. The van der Waals surface area contributed by atoms with E-state index in [0.717, 1.165) is 0 Å². The molecule has 24 heavy (non-hydrogen) atoms. The van der Waals surface area contributed by atoms with E-state index in [-0.39, 0.29) is 25.7 Å². The second kappa shape index (κ2) is 7.83. The molecule has 1 fully saturated rings. The molecule has 0 aromatic heterocycles. The van der Waals surface area contributed by atoms with Gasteiger partial charge >= 0.3 is 12.1 Å². The zero-order valence-electron chi connectivity index (χ0n) is 12.7. The van der Waals surface area contributed by atoms with Crippen molar-refractivity contribution in [1.82, 2.24) is 0 Å². The Labute approximate surface area is 142 Å². The van der Waals surface area contributed by atoms with Crippen LogP contribution in [0.15, 0.2) is 30.3 Å². The highest BCUT2D eigenvalue weighted by atomic mass is 35.5. The van der Waals surface area contributed by atoms with Crippen molar-refractivity contribution in [1.29, 1.82) is 0 Å². The molecule has 130 valence electrons. The number of hydrogen-bond acceptors (Lipinski definition) is 3. The highest BCUT2D eigenvalue weighted by Crippen LogP contribution is 2.39. The Hall–Kier alpha value is -1.82. The fraction of sp³-hybridized carbons (Fsp3) is 0.412. The first-order chi connectivity index (χ1) is 11.3. The largest absolute Gasteiger partial charge is 0.426 e. The Morgan fingerprint density at radius 3 is 2.17 bits per heavy atom. The standard InChI is InChI=1S/C17H16ClF3O3/c18-15(22)10-3-11-1-8-14(9-2-11)24-16(23)12-4-6-13(7-5-12)17(19,20)21/h1-3,8-10,12-13H,4-7H2/b10-3+. The van der Waals surface area contributed by atoms with E-state index in [9.17, 15) is 22.8 Å². The lowest BCUT2D eigenvalue weighted by molar-refractivity contribution is -0.185. The molecule has 0 unspecified atom stereocenters. The summed E-state index contributed by atoms with van der Waals surface area (Å²) in [5.41, 5.74) is 0.703. The van der Waals surface area contributed by atoms with Gasteiger partial charge in [0.2, 0.25) is 5.24 Å². The van der Waals surface area contributed by atoms with E-state index in [4.69, 9.17) is 16.3 Å². The minimum atomic E-state index is -4.19. The number of rotatable bonds is 4. The Morgan fingerprint density at radius 1 is 1.08 bits per heavy atom. The quantitative estimate of drug-likeness (QED) is 0.337. The van der Waals surface area contributed by atoms with Gasteiger partial charge in [0.1, 0.15) is 5.75 Å². The third kappa shape index (κ3) is 5.37. The van der Waals surface area contributed by atoms with E-state index >= 15 is 0 Å². The zero-order valence-corrected chi connectivity index (χ0v) is 13.4. The van der Waals surface area contributed by atoms with Crippen LogP contribution in [0.2, 0.25) is 0 Å². The minimum absolute atomic E-state index is 0.0422. The molecule has 0 N–H and O–H groups in total. The fourth-order valence-electron chi connectivity index (χ4n) is 2.66. The predicted molar refractivity (Wildman–Crippen MR) is 83.5 cm³/mol. The topological polar surface area (TPSA) is 43.4 Å². The molecule has 1 saturated carbocycles. The molecule has 0 heterocycles. The van der Waals surface area contributed by atoms with Crippen molar-refractivity contribution in [3.8, 4) is 5.75 Å². The molecule has 0 atom stereocenters. The number of esters is 1. The average molecular weight is 361 g/mol. The molecule has 1 aliphatic carbocycles. The van der Waals surface area contributed by atoms with Crippen LogP contribution in [0.1, 0.15) is 31.2 Å². The molecule has 0 aliphatic heterocycles. The number of alkyl halides is 3. The van der Waals surface area contributed by atoms with Gasteiger partial charge in [0.15, 0.2) is 0 Å². The third-order valence-electron chi connectivity index (χ3n) is 4.03. The van der Waals surface area contributed by atoms with Gasteiger partial charge in [-0.05, 0) is 61.1 Å². The van der Waals surface area contributed by atoms with Crippen molar-refractivity contribution >= 4 is 28.9 Å². The smallest absolute Gasteiger partial charge is 0.391 e. The summed E-state index contributed by atoms with van der Waals surface area (Å²) in [6, 6.07) is 6.38. The summed E-state index contributed by atoms with van der Waals surface area (Å²) in [4.78, 5) is 22.7. The molecule has 7 heteroatoms. The van der Waals surface area contributed by atoms with Crippen LogP contribution in [-0.4, -0.2) is 17.4 Å². The molecule has 1 aromatic carbocycles. The molecule has 3 nitrogen and oxygen atoms in total. The number of hydrogen-bond donors (Lipinski definition) is 0. The number of halogens is 4. The number of carbonyl (C=O) groups excluding carboxylic acids is 2. The van der Waals surface area contributed by atoms with E-state index in [2.05, 4.69) is 0 Å². The predicted octanol–water partition coefficient (Wildman–Crippen LogP) is 4.74. The van der Waals surface area contributed by atoms with Crippen molar-refractivity contribution in [2.24, 2.45) is 11.8 Å². The van der Waals surface area contributed by atoms with Gasteiger partial charge in [-0.1, -0.05) is 18.2 Å². The molecule has 0 bridgehead atoms. The van der Waals surface area contributed by atoms with Crippen LogP contribution in [0.25, 0.3) is 6.08 Å². The van der Waals surface area contributed by atoms with E-state index in [1.165, 1.54) is 12.2 Å². The maximum Gasteiger partial charge on any atom is 0.391 e. The maximum atomic E-state index is 12.6. The number of benzene rings is 1. The molecule has 1 aliphatic rings. The Kier molecular flexibility index (Phi) is 6.04. The molecule has 2 rings (SSSR count). The van der Waals surface area contributed by atoms with E-state index < -0.39 is 29.2 Å². The van der Waals surface area contributed by atoms with Gasteiger partial charge in [-0.25, -0.2) is 0 Å². The van der Waals surface area contributed by atoms with Gasteiger partial charge in [0.25, 0.3) is 0 Å². The molecular weight excluding hydrogens is 345 g/mol. The van der Waals surface area contributed by atoms with Gasteiger partial charge in [-0.15, -0.1) is 0 Å². The first kappa shape index (κ1) is 18.5. The summed E-state index contributed by atoms with van der Waals surface area (Å²) in [5, 5.41) is -0.597. The van der Waals surface area contributed by atoms with Crippen molar-refractivity contribution < 1.29 is 27.5 Å². The maximum absolute atomic E-state index is 12.6. The van der Waals surface area contributed by atoms with Crippen molar-refractivity contribution in [3.05, 3.63) is 35.9 Å². The van der Waals surface area contributed by atoms with Crippen LogP contribution < -0.4 is 4.74 Å². The van der Waals surface area contributed by atoms with Crippen molar-refractivity contribution in [2.45, 2.75) is 31.9 Å². The zero-order chi connectivity index (χ0) is 17.7. The van der Waals surface area contributed by atoms with Crippen LogP contribution >= 0.6 is 11.6 Å². The Morgan fingerprint density at radius 2 is 1.67 bits per heavy atom. The second-order valence-electron chi connectivity index (χ2n) is 5.72. The summed E-state index contributed by atoms with van der Waals surface area (Å²) >= 11 is 5.19. The summed E-state index contributed by atoms with van der Waals surface area (Å²) in [7, 11) is 0. The monoisotopic (exact) mass is 360 g/mol. The summed E-state index contributed by atoms with van der Waals surface area (Å²) in [5.74, 6) is -2.02. The Bertz CT molecular complexity index is 615. The van der Waals surface area contributed by atoms with Crippen LogP contribution in [0, 0.1) is 11.8 Å². The highest BCUT2D eigenvalue weighted by Gasteiger charge is 2.42. The summed E-state index contributed by atoms with van der Waals surface area (Å²) < 4.78 is 43.1. The van der Waals surface area contributed by atoms with Gasteiger partial charge in [-0.3, -0.25) is 9.59 Å². The number of ether oxygens (including phenoxy) is 1. The van der Waals surface area contributed by atoms with Gasteiger partial charge in [0.05, 0.1) is 11.8 Å². The first-order valence-electron chi connectivity index (χ1n) is 7.51. The molecule has 0 amide bonds. The molecule has 0 radical (unpaired) electrons. The molecule has 1 aromatic rings. The normalized spacial score (nSPS) is 21.7. The van der Waals surface area contributed by atoms with Gasteiger partial charge < -0.3 is 4.74 Å². The average Bonchev–Trinajstić information content (AvgIpc) is 2.53. The van der Waals surface area contributed by atoms with Crippen LogP contribution in [0.4, 0.5) is 13.2 Å². The van der Waals surface area contributed by atoms with E-state index in [1.807, 2.05) is 0 Å². The van der Waals surface area contributed by atoms with Gasteiger partial charge in [0, 0.05) is 0 Å². The van der Waals surface area contributed by atoms with Crippen molar-refractivity contribution in [2.75, 3.05) is 0 Å². The van der Waals surface area contributed by atoms with Crippen LogP contribution in [-0.2, 0) is 9.59 Å². The SMILES string of the molecule is O=C(Cl)/C=C/c1ccc(OC(=O)C2CCC(C(F)(F)F)CC2)cc1. The third-order valence-corrected chi connectivity index (χ3v) is 4.15. The number of carbonyl (C=O) groups is 2. The molecule has 0 saturated heterocycles. The summed E-state index contributed by atoms with van der Waals surface area (Å²) in [6.45, 7) is 0. The lowest BCUT2D eigenvalue weighted by atomic mass is 9.82. The molecule has 0 spiro atoms. The van der Waals surface area contributed by atoms with E-state index in [0.29, 0.717) is 11.3 Å². The molecular formula is C17H16ClF3O3. The van der Waals surface area contributed by atoms with Crippen molar-refractivity contribution in [3.63, 3.8) is 0 Å². The fourth-order valence-corrected chi connectivity index (χ4v) is 2.73.